The van der Waals surface area contributed by atoms with Gasteiger partial charge in [-0.15, -0.1) is 0 Å². The Morgan fingerprint density at radius 2 is 2.05 bits per heavy atom. The molecule has 5 nitrogen and oxygen atoms in total. The minimum atomic E-state index is -3.87. The van der Waals surface area contributed by atoms with Gasteiger partial charge >= 0.3 is 5.97 Å². The maximum atomic E-state index is 12.7. The van der Waals surface area contributed by atoms with Gasteiger partial charge in [-0.2, -0.15) is 4.31 Å². The van der Waals surface area contributed by atoms with Gasteiger partial charge in [-0.05, 0) is 53.9 Å². The molecule has 1 fully saturated rings. The number of nitrogens with zero attached hydrogens (tertiary/aromatic N) is 1. The van der Waals surface area contributed by atoms with E-state index in [1.54, 1.807) is 12.1 Å². The van der Waals surface area contributed by atoms with Crippen LogP contribution >= 0.6 is 31.9 Å². The number of hydrogen-bond acceptors (Lipinski definition) is 3. The van der Waals surface area contributed by atoms with Gasteiger partial charge in [0.1, 0.15) is 5.54 Å². The van der Waals surface area contributed by atoms with Crippen molar-refractivity contribution in [2.75, 3.05) is 6.54 Å². The smallest absolute Gasteiger partial charge is 0.324 e. The lowest BCUT2D eigenvalue weighted by atomic mass is 10.0. The van der Waals surface area contributed by atoms with Gasteiger partial charge in [0.15, 0.2) is 0 Å². The lowest BCUT2D eigenvalue weighted by Crippen LogP contribution is -2.50. The number of rotatable bonds is 3. The van der Waals surface area contributed by atoms with E-state index in [4.69, 9.17) is 0 Å². The first kappa shape index (κ1) is 15.9. The summed E-state index contributed by atoms with van der Waals surface area (Å²) in [5.41, 5.74) is -1.39. The minimum absolute atomic E-state index is 0.0706. The Labute approximate surface area is 134 Å². The molecule has 8 heteroatoms. The summed E-state index contributed by atoms with van der Waals surface area (Å²) in [4.78, 5) is 11.5. The highest BCUT2D eigenvalue weighted by molar-refractivity contribution is 9.11. The summed E-state index contributed by atoms with van der Waals surface area (Å²) in [5, 5.41) is 9.35. The van der Waals surface area contributed by atoms with Gasteiger partial charge in [0.25, 0.3) is 0 Å². The number of carbonyl (C=O) groups is 1. The number of carboxylic acids is 1. The van der Waals surface area contributed by atoms with Crippen molar-refractivity contribution < 1.29 is 18.3 Å². The summed E-state index contributed by atoms with van der Waals surface area (Å²) < 4.78 is 27.6. The first-order valence-electron chi connectivity index (χ1n) is 5.91. The van der Waals surface area contributed by atoms with Gasteiger partial charge in [0.05, 0.1) is 4.90 Å². The molecule has 110 valence electrons. The maximum absolute atomic E-state index is 12.7. The van der Waals surface area contributed by atoms with Crippen molar-refractivity contribution in [3.8, 4) is 0 Å². The van der Waals surface area contributed by atoms with Crippen LogP contribution in [0.15, 0.2) is 32.0 Å². The van der Waals surface area contributed by atoms with Crippen molar-refractivity contribution in [1.82, 2.24) is 4.31 Å². The predicted molar refractivity (Wildman–Crippen MR) is 81.0 cm³/mol. The summed E-state index contributed by atoms with van der Waals surface area (Å²) >= 11 is 6.45. The quantitative estimate of drug-likeness (QED) is 0.806. The van der Waals surface area contributed by atoms with Crippen molar-refractivity contribution >= 4 is 47.9 Å². The van der Waals surface area contributed by atoms with Crippen molar-refractivity contribution in [3.63, 3.8) is 0 Å². The molecule has 1 N–H and O–H groups in total. The van der Waals surface area contributed by atoms with E-state index < -0.39 is 21.5 Å². The van der Waals surface area contributed by atoms with Crippen LogP contribution in [0.3, 0.4) is 0 Å². The molecule has 0 aromatic heterocycles. The van der Waals surface area contributed by atoms with Crippen LogP contribution in [0.5, 0.6) is 0 Å². The second-order valence-electron chi connectivity index (χ2n) is 4.83. The van der Waals surface area contributed by atoms with E-state index in [1.165, 1.54) is 13.0 Å². The summed E-state index contributed by atoms with van der Waals surface area (Å²) in [7, 11) is -3.87. The largest absolute Gasteiger partial charge is 0.480 e. The molecule has 0 aliphatic carbocycles. The highest BCUT2D eigenvalue weighted by Crippen LogP contribution is 2.37. The van der Waals surface area contributed by atoms with Crippen molar-refractivity contribution in [3.05, 3.63) is 27.1 Å². The van der Waals surface area contributed by atoms with E-state index in [2.05, 4.69) is 31.9 Å². The molecule has 0 saturated carbocycles. The number of benzene rings is 1. The van der Waals surface area contributed by atoms with Crippen molar-refractivity contribution in [1.29, 1.82) is 0 Å². The Morgan fingerprint density at radius 1 is 1.40 bits per heavy atom. The van der Waals surface area contributed by atoms with Crippen molar-refractivity contribution in [2.24, 2.45) is 0 Å². The summed E-state index contributed by atoms with van der Waals surface area (Å²) in [5.74, 6) is -1.12. The average molecular weight is 427 g/mol. The Kier molecular flexibility index (Phi) is 4.30. The molecule has 0 amide bonds. The third kappa shape index (κ3) is 2.54. The first-order chi connectivity index (χ1) is 9.19. The Bertz CT molecular complexity index is 661. The van der Waals surface area contributed by atoms with Gasteiger partial charge in [-0.25, -0.2) is 8.42 Å². The van der Waals surface area contributed by atoms with E-state index >= 15 is 0 Å². The summed E-state index contributed by atoms with van der Waals surface area (Å²) in [6.07, 6.45) is 0.848. The summed E-state index contributed by atoms with van der Waals surface area (Å²) in [6, 6.07) is 4.80. The fourth-order valence-corrected chi connectivity index (χ4v) is 5.60. The van der Waals surface area contributed by atoms with E-state index in [9.17, 15) is 18.3 Å². The first-order valence-corrected chi connectivity index (χ1v) is 8.93. The molecule has 20 heavy (non-hydrogen) atoms. The average Bonchev–Trinajstić information content (AvgIpc) is 2.76. The molecule has 1 heterocycles. The fraction of sp³-hybridized carbons (Fsp3) is 0.417. The van der Waals surface area contributed by atoms with Crippen LogP contribution in [0.1, 0.15) is 19.8 Å². The minimum Gasteiger partial charge on any atom is -0.480 e. The van der Waals surface area contributed by atoms with Crippen LogP contribution in [0.2, 0.25) is 0 Å². The third-order valence-corrected chi connectivity index (χ3v) is 7.00. The van der Waals surface area contributed by atoms with Gasteiger partial charge in [0.2, 0.25) is 10.0 Å². The van der Waals surface area contributed by atoms with Gasteiger partial charge < -0.3 is 5.11 Å². The fourth-order valence-electron chi connectivity index (χ4n) is 2.33. The van der Waals surface area contributed by atoms with Crippen LogP contribution in [0, 0.1) is 0 Å². The lowest BCUT2D eigenvalue weighted by molar-refractivity contribution is -0.146. The van der Waals surface area contributed by atoms with Gasteiger partial charge in [0, 0.05) is 15.5 Å². The Hall–Kier alpha value is -0.440. The second kappa shape index (κ2) is 5.40. The van der Waals surface area contributed by atoms with Crippen LogP contribution < -0.4 is 0 Å². The van der Waals surface area contributed by atoms with Crippen LogP contribution in [-0.2, 0) is 14.8 Å². The number of hydrogen-bond donors (Lipinski definition) is 1. The highest BCUT2D eigenvalue weighted by atomic mass is 79.9. The summed E-state index contributed by atoms with van der Waals surface area (Å²) in [6.45, 7) is 1.66. The van der Waals surface area contributed by atoms with E-state index in [0.717, 1.165) is 4.31 Å². The SMILES string of the molecule is CC1(C(=O)O)CCCN1S(=O)(=O)c1cc(Br)ccc1Br. The van der Waals surface area contributed by atoms with E-state index in [0.29, 0.717) is 21.8 Å². The molecule has 1 aromatic rings. The molecule has 0 radical (unpaired) electrons. The molecule has 2 rings (SSSR count). The predicted octanol–water partition coefficient (Wildman–Crippen LogP) is 2.84. The monoisotopic (exact) mass is 425 g/mol. The zero-order valence-electron chi connectivity index (χ0n) is 10.6. The Morgan fingerprint density at radius 3 is 2.65 bits per heavy atom. The number of carboxylic acid groups (broad SMARTS) is 1. The molecular formula is C12H13Br2NO4S. The van der Waals surface area contributed by atoms with Crippen LogP contribution in [0.4, 0.5) is 0 Å². The molecule has 1 aromatic carbocycles. The van der Waals surface area contributed by atoms with Crippen molar-refractivity contribution in [2.45, 2.75) is 30.2 Å². The van der Waals surface area contributed by atoms with Gasteiger partial charge in [-0.1, -0.05) is 15.9 Å². The molecule has 1 aliphatic heterocycles. The van der Waals surface area contributed by atoms with Crippen LogP contribution in [0.25, 0.3) is 0 Å². The molecule has 1 saturated heterocycles. The highest BCUT2D eigenvalue weighted by Gasteiger charge is 2.50. The molecule has 0 bridgehead atoms. The molecule has 0 spiro atoms. The topological polar surface area (TPSA) is 74.7 Å². The van der Waals surface area contributed by atoms with E-state index in [1.807, 2.05) is 0 Å². The second-order valence-corrected chi connectivity index (χ2v) is 8.44. The van der Waals surface area contributed by atoms with Gasteiger partial charge in [-0.3, -0.25) is 4.79 Å². The lowest BCUT2D eigenvalue weighted by Gasteiger charge is -2.30. The molecule has 1 aliphatic rings. The zero-order chi connectivity index (χ0) is 15.1. The normalized spacial score (nSPS) is 23.9. The standard InChI is InChI=1S/C12H13Br2NO4S/c1-12(11(16)17)5-2-6-15(12)20(18,19)10-7-8(13)3-4-9(10)14/h3-4,7H,2,5-6H2,1H3,(H,16,17). The Balaban J connectivity index is 2.55. The van der Waals surface area contributed by atoms with Crippen LogP contribution in [-0.4, -0.2) is 35.9 Å². The zero-order valence-corrected chi connectivity index (χ0v) is 14.6. The molecule has 1 atom stereocenters. The molecule has 1 unspecified atom stereocenters. The maximum Gasteiger partial charge on any atom is 0.324 e. The molecular weight excluding hydrogens is 414 g/mol. The number of aliphatic carboxylic acids is 1. The van der Waals surface area contributed by atoms with E-state index in [-0.39, 0.29) is 11.4 Å². The number of sulfonamides is 1. The third-order valence-electron chi connectivity index (χ3n) is 3.50. The number of halogens is 2.